The van der Waals surface area contributed by atoms with E-state index >= 15 is 0 Å². The Bertz CT molecular complexity index is 747. The van der Waals surface area contributed by atoms with E-state index < -0.39 is 11.9 Å². The smallest absolute Gasteiger partial charge is 0.262 e. The van der Waals surface area contributed by atoms with Gasteiger partial charge in [-0.3, -0.25) is 34.2 Å². The summed E-state index contributed by atoms with van der Waals surface area (Å²) in [6, 6.07) is 4.77. The molecule has 0 saturated carbocycles. The molecule has 0 aliphatic carbocycles. The van der Waals surface area contributed by atoms with E-state index in [0.717, 1.165) is 18.4 Å². The lowest BCUT2D eigenvalue weighted by molar-refractivity contribution is -0.125. The van der Waals surface area contributed by atoms with E-state index in [1.54, 1.807) is 19.1 Å². The first-order valence-corrected chi connectivity index (χ1v) is 8.91. The zero-order valence-electron chi connectivity index (χ0n) is 15.2. The zero-order valence-corrected chi connectivity index (χ0v) is 15.2. The molecule has 5 amide bonds. The van der Waals surface area contributed by atoms with Crippen LogP contribution in [0.15, 0.2) is 18.2 Å². The second-order valence-electron chi connectivity index (χ2n) is 6.42. The number of aryl methyl sites for hydroxylation is 1. The number of hydrogen-bond acceptors (Lipinski definition) is 5. The first-order chi connectivity index (χ1) is 13.0. The molecule has 0 fully saturated rings. The molecule has 1 aromatic rings. The summed E-state index contributed by atoms with van der Waals surface area (Å²) in [6.45, 7) is 2.28. The summed E-state index contributed by atoms with van der Waals surface area (Å²) in [5.74, 6) is -1.15. The molecule has 1 unspecified atom stereocenters. The summed E-state index contributed by atoms with van der Waals surface area (Å²) in [5, 5.41) is 4.64. The van der Waals surface area contributed by atoms with Crippen molar-refractivity contribution >= 4 is 30.5 Å². The fourth-order valence-corrected chi connectivity index (χ4v) is 3.19. The molecular weight excluding hydrogens is 350 g/mol. The van der Waals surface area contributed by atoms with Gasteiger partial charge in [0, 0.05) is 19.0 Å². The first-order valence-electron chi connectivity index (χ1n) is 8.91. The van der Waals surface area contributed by atoms with E-state index in [1.165, 1.54) is 4.90 Å². The van der Waals surface area contributed by atoms with Crippen LogP contribution in [0.4, 0.5) is 0 Å². The topological polar surface area (TPSA) is 113 Å². The highest BCUT2D eigenvalue weighted by Gasteiger charge is 2.39. The van der Waals surface area contributed by atoms with E-state index in [1.807, 2.05) is 11.4 Å². The zero-order chi connectivity index (χ0) is 19.8. The third-order valence-electron chi connectivity index (χ3n) is 4.58. The fourth-order valence-electron chi connectivity index (χ4n) is 3.19. The predicted octanol–water partition coefficient (Wildman–Crippen LogP) is 0.793. The second kappa shape index (κ2) is 9.61. The molecule has 0 aromatic heterocycles. The summed E-state index contributed by atoms with van der Waals surface area (Å²) >= 11 is 0. The monoisotopic (exact) mass is 373 g/mol. The molecular formula is C19H23N3O5. The van der Waals surface area contributed by atoms with Crippen molar-refractivity contribution in [1.82, 2.24) is 15.5 Å². The molecule has 1 aromatic carbocycles. The molecule has 8 heteroatoms. The lowest BCUT2D eigenvalue weighted by Gasteiger charge is -2.22. The highest BCUT2D eigenvalue weighted by atomic mass is 16.2. The number of rotatable bonds is 11. The van der Waals surface area contributed by atoms with Crippen molar-refractivity contribution in [3.8, 4) is 0 Å². The quantitative estimate of drug-likeness (QED) is 0.338. The van der Waals surface area contributed by atoms with E-state index in [4.69, 9.17) is 0 Å². The molecule has 0 saturated heterocycles. The number of carbonyl (C=O) groups is 5. The maximum Gasteiger partial charge on any atom is 0.262 e. The molecule has 2 N–H and O–H groups in total. The van der Waals surface area contributed by atoms with Gasteiger partial charge in [-0.1, -0.05) is 12.1 Å². The van der Waals surface area contributed by atoms with Crippen molar-refractivity contribution in [3.05, 3.63) is 34.9 Å². The van der Waals surface area contributed by atoms with Gasteiger partial charge in [0.2, 0.25) is 18.7 Å². The molecule has 27 heavy (non-hydrogen) atoms. The number of hydrogen-bond donors (Lipinski definition) is 2. The Morgan fingerprint density at radius 3 is 2.63 bits per heavy atom. The Balaban J connectivity index is 2.07. The second-order valence-corrected chi connectivity index (χ2v) is 6.42. The van der Waals surface area contributed by atoms with Crippen molar-refractivity contribution < 1.29 is 24.0 Å². The number of amides is 5. The van der Waals surface area contributed by atoms with E-state index in [9.17, 15) is 24.0 Å². The molecule has 1 aliphatic heterocycles. The average Bonchev–Trinajstić information content (AvgIpc) is 2.91. The molecule has 0 bridgehead atoms. The third-order valence-corrected chi connectivity index (χ3v) is 4.58. The van der Waals surface area contributed by atoms with Crippen LogP contribution in [0.25, 0.3) is 0 Å². The molecule has 144 valence electrons. The van der Waals surface area contributed by atoms with Gasteiger partial charge in [0.1, 0.15) is 0 Å². The van der Waals surface area contributed by atoms with Gasteiger partial charge >= 0.3 is 0 Å². The number of nitrogens with zero attached hydrogens (tertiary/aromatic N) is 1. The van der Waals surface area contributed by atoms with Crippen molar-refractivity contribution in [2.75, 3.05) is 6.54 Å². The van der Waals surface area contributed by atoms with Gasteiger partial charge in [-0.2, -0.15) is 0 Å². The molecule has 2 rings (SSSR count). The number of benzene rings is 1. The van der Waals surface area contributed by atoms with E-state index in [2.05, 4.69) is 5.32 Å². The van der Waals surface area contributed by atoms with Gasteiger partial charge in [0.05, 0.1) is 11.1 Å². The molecule has 1 atom stereocenters. The van der Waals surface area contributed by atoms with Crippen LogP contribution in [0.1, 0.15) is 58.9 Å². The van der Waals surface area contributed by atoms with Crippen LogP contribution >= 0.6 is 0 Å². The van der Waals surface area contributed by atoms with Crippen LogP contribution in [0.5, 0.6) is 0 Å². The highest BCUT2D eigenvalue weighted by molar-refractivity contribution is 6.22. The maximum atomic E-state index is 12.9. The summed E-state index contributed by atoms with van der Waals surface area (Å²) < 4.78 is 0. The number of nitrogens with one attached hydrogen (secondary N) is 2. The lowest BCUT2D eigenvalue weighted by Crippen LogP contribution is -2.38. The fraction of sp³-hybridized carbons (Fsp3) is 0.421. The lowest BCUT2D eigenvalue weighted by atomic mass is 9.98. The van der Waals surface area contributed by atoms with Crippen molar-refractivity contribution in [2.45, 2.75) is 45.1 Å². The summed E-state index contributed by atoms with van der Waals surface area (Å²) in [5.41, 5.74) is 1.62. The Hall–Kier alpha value is -3.03. The van der Waals surface area contributed by atoms with Gasteiger partial charge in [0.25, 0.3) is 11.8 Å². The average molecular weight is 373 g/mol. The number of carbonyl (C=O) groups excluding carboxylic acids is 5. The van der Waals surface area contributed by atoms with Crippen LogP contribution < -0.4 is 10.6 Å². The number of unbranched alkanes of at least 4 members (excludes halogenated alkanes) is 1. The molecule has 0 spiro atoms. The molecule has 1 aliphatic rings. The highest BCUT2D eigenvalue weighted by Crippen LogP contribution is 2.29. The minimum atomic E-state index is -0.459. The van der Waals surface area contributed by atoms with Crippen LogP contribution in [0.2, 0.25) is 0 Å². The van der Waals surface area contributed by atoms with E-state index in [0.29, 0.717) is 36.9 Å². The first kappa shape index (κ1) is 20.3. The van der Waals surface area contributed by atoms with Gasteiger partial charge in [0.15, 0.2) is 0 Å². The maximum absolute atomic E-state index is 12.9. The van der Waals surface area contributed by atoms with Crippen molar-refractivity contribution in [2.24, 2.45) is 0 Å². The van der Waals surface area contributed by atoms with Gasteiger partial charge in [-0.15, -0.1) is 0 Å². The minimum absolute atomic E-state index is 0.0455. The van der Waals surface area contributed by atoms with Crippen LogP contribution in [0.3, 0.4) is 0 Å². The van der Waals surface area contributed by atoms with Crippen molar-refractivity contribution in [3.63, 3.8) is 0 Å². The Morgan fingerprint density at radius 1 is 1.15 bits per heavy atom. The van der Waals surface area contributed by atoms with Crippen LogP contribution in [-0.4, -0.2) is 48.0 Å². The van der Waals surface area contributed by atoms with Crippen LogP contribution in [-0.2, 0) is 20.8 Å². The predicted molar refractivity (Wildman–Crippen MR) is 96.8 cm³/mol. The van der Waals surface area contributed by atoms with Crippen molar-refractivity contribution in [1.29, 1.82) is 0 Å². The van der Waals surface area contributed by atoms with Crippen LogP contribution in [0, 0.1) is 0 Å². The number of fused-ring (bicyclic) bond motifs is 1. The number of imide groups is 2. The third kappa shape index (κ3) is 4.78. The Morgan fingerprint density at radius 2 is 1.93 bits per heavy atom. The Labute approximate surface area is 157 Å². The standard InChI is InChI=1S/C19H23N3O5/c1-13(8-9-16(25)21-12-24)22-18(26)15-7-4-6-14(17(15)19(22)27)5-2-3-10-20-11-23/h4,6-7,11-13H,2-3,5,8-10H2,1H3,(H,20,23)(H,21,24,25). The normalized spacial score (nSPS) is 13.9. The molecule has 1 heterocycles. The van der Waals surface area contributed by atoms with E-state index in [-0.39, 0.29) is 24.7 Å². The van der Waals surface area contributed by atoms with Gasteiger partial charge in [-0.05, 0) is 44.2 Å². The summed E-state index contributed by atoms with van der Waals surface area (Å²) in [4.78, 5) is 58.7. The SMILES string of the molecule is CC(CCC(=O)NC=O)N1C(=O)c2cccc(CCCCNC=O)c2C1=O. The Kier molecular flexibility index (Phi) is 7.22. The van der Waals surface area contributed by atoms with Gasteiger partial charge in [-0.25, -0.2) is 0 Å². The largest absolute Gasteiger partial charge is 0.359 e. The summed E-state index contributed by atoms with van der Waals surface area (Å²) in [7, 11) is 0. The van der Waals surface area contributed by atoms with Gasteiger partial charge < -0.3 is 5.32 Å². The molecule has 8 nitrogen and oxygen atoms in total. The summed E-state index contributed by atoms with van der Waals surface area (Å²) in [6.07, 6.45) is 3.47. The minimum Gasteiger partial charge on any atom is -0.359 e. The molecule has 0 radical (unpaired) electrons.